The van der Waals surface area contributed by atoms with Crippen LogP contribution in [0.25, 0.3) is 0 Å². The molecule has 1 aliphatic heterocycles. The molecule has 2 amide bonds. The molecule has 0 aliphatic carbocycles. The second kappa shape index (κ2) is 7.30. The van der Waals surface area contributed by atoms with Crippen molar-refractivity contribution in [2.45, 2.75) is 45.3 Å². The first-order chi connectivity index (χ1) is 11.2. The van der Waals surface area contributed by atoms with Crippen LogP contribution in [0.1, 0.15) is 45.3 Å². The van der Waals surface area contributed by atoms with Crippen molar-refractivity contribution >= 4 is 11.8 Å². The molecule has 1 aromatic carbocycles. The van der Waals surface area contributed by atoms with Crippen molar-refractivity contribution < 1.29 is 19.1 Å². The van der Waals surface area contributed by atoms with Gasteiger partial charge in [-0.3, -0.25) is 9.59 Å². The van der Waals surface area contributed by atoms with E-state index in [0.29, 0.717) is 31.5 Å². The lowest BCUT2D eigenvalue weighted by Gasteiger charge is -2.38. The van der Waals surface area contributed by atoms with E-state index in [9.17, 15) is 19.1 Å². The highest BCUT2D eigenvalue weighted by Gasteiger charge is 2.35. The number of hydrogen-bond donors (Lipinski definition) is 2. The van der Waals surface area contributed by atoms with Gasteiger partial charge < -0.3 is 15.3 Å². The third kappa shape index (κ3) is 4.32. The van der Waals surface area contributed by atoms with Crippen molar-refractivity contribution in [3.05, 3.63) is 35.6 Å². The van der Waals surface area contributed by atoms with Crippen molar-refractivity contribution in [1.82, 2.24) is 10.2 Å². The molecule has 5 nitrogen and oxygen atoms in total. The number of carbonyl (C=O) groups is 2. The summed E-state index contributed by atoms with van der Waals surface area (Å²) >= 11 is 0. The summed E-state index contributed by atoms with van der Waals surface area (Å²) in [5.74, 6) is -0.655. The Bertz CT molecular complexity index is 593. The van der Waals surface area contributed by atoms with E-state index in [2.05, 4.69) is 5.32 Å². The van der Waals surface area contributed by atoms with E-state index in [-0.39, 0.29) is 23.5 Å². The molecule has 1 aromatic rings. The maximum atomic E-state index is 13.0. The number of aliphatic hydroxyl groups is 1. The molecular formula is C18H25FN2O3. The SMILES string of the molecule is CC(=O)NC(C)(C)C(=O)N1CCC(C(O)c2ccc(F)cc2)CC1. The first-order valence-electron chi connectivity index (χ1n) is 8.22. The Morgan fingerprint density at radius 3 is 2.29 bits per heavy atom. The number of rotatable bonds is 4. The summed E-state index contributed by atoms with van der Waals surface area (Å²) in [6, 6.07) is 5.87. The van der Waals surface area contributed by atoms with Crippen molar-refractivity contribution in [2.24, 2.45) is 5.92 Å². The number of carbonyl (C=O) groups excluding carboxylic acids is 2. The van der Waals surface area contributed by atoms with Gasteiger partial charge in [0.25, 0.3) is 0 Å². The summed E-state index contributed by atoms with van der Waals surface area (Å²) in [6.45, 7) is 5.84. The van der Waals surface area contributed by atoms with Crippen LogP contribution in [-0.2, 0) is 9.59 Å². The van der Waals surface area contributed by atoms with Crippen LogP contribution in [0.5, 0.6) is 0 Å². The number of benzene rings is 1. The highest BCUT2D eigenvalue weighted by molar-refractivity contribution is 5.90. The first kappa shape index (κ1) is 18.4. The van der Waals surface area contributed by atoms with Crippen LogP contribution in [0.3, 0.4) is 0 Å². The van der Waals surface area contributed by atoms with Crippen molar-refractivity contribution in [3.63, 3.8) is 0 Å². The Morgan fingerprint density at radius 1 is 1.25 bits per heavy atom. The van der Waals surface area contributed by atoms with Gasteiger partial charge in [0.05, 0.1) is 6.10 Å². The standard InChI is InChI=1S/C18H25FN2O3/c1-12(22)20-18(2,3)17(24)21-10-8-14(9-11-21)16(23)13-4-6-15(19)7-5-13/h4-7,14,16,23H,8-11H2,1-3H3,(H,20,22). The highest BCUT2D eigenvalue weighted by atomic mass is 19.1. The minimum atomic E-state index is -0.936. The number of amides is 2. The lowest BCUT2D eigenvalue weighted by molar-refractivity contribution is -0.141. The van der Waals surface area contributed by atoms with Crippen molar-refractivity contribution in [1.29, 1.82) is 0 Å². The molecule has 6 heteroatoms. The Hall–Kier alpha value is -1.95. The Labute approximate surface area is 141 Å². The van der Waals surface area contributed by atoms with E-state index in [1.54, 1.807) is 30.9 Å². The second-order valence-electron chi connectivity index (χ2n) is 6.93. The number of nitrogens with one attached hydrogen (secondary N) is 1. The van der Waals surface area contributed by atoms with Gasteiger partial charge in [-0.1, -0.05) is 12.1 Å². The topological polar surface area (TPSA) is 69.6 Å². The normalized spacial score (nSPS) is 17.5. The summed E-state index contributed by atoms with van der Waals surface area (Å²) in [5, 5.41) is 13.1. The first-order valence-corrected chi connectivity index (χ1v) is 8.22. The van der Waals surface area contributed by atoms with Gasteiger partial charge in [-0.2, -0.15) is 0 Å². The number of halogens is 1. The van der Waals surface area contributed by atoms with Crippen LogP contribution in [0.15, 0.2) is 24.3 Å². The summed E-state index contributed by atoms with van der Waals surface area (Å²) in [6.07, 6.45) is 0.673. The van der Waals surface area contributed by atoms with Crippen molar-refractivity contribution in [3.8, 4) is 0 Å². The number of hydrogen-bond acceptors (Lipinski definition) is 3. The molecule has 132 valence electrons. The van der Waals surface area contributed by atoms with Crippen LogP contribution in [0.2, 0.25) is 0 Å². The average Bonchev–Trinajstić information content (AvgIpc) is 2.53. The second-order valence-corrected chi connectivity index (χ2v) is 6.93. The lowest BCUT2D eigenvalue weighted by Crippen LogP contribution is -2.57. The molecule has 1 aliphatic rings. The predicted octanol–water partition coefficient (Wildman–Crippen LogP) is 2.01. The molecule has 2 N–H and O–H groups in total. The quantitative estimate of drug-likeness (QED) is 0.884. The van der Waals surface area contributed by atoms with E-state index in [1.165, 1.54) is 19.1 Å². The fourth-order valence-electron chi connectivity index (χ4n) is 3.24. The predicted molar refractivity (Wildman–Crippen MR) is 88.6 cm³/mol. The molecule has 0 radical (unpaired) electrons. The Balaban J connectivity index is 1.94. The summed E-state index contributed by atoms with van der Waals surface area (Å²) < 4.78 is 13.0. The van der Waals surface area contributed by atoms with E-state index >= 15 is 0 Å². The van der Waals surface area contributed by atoms with E-state index in [1.807, 2.05) is 0 Å². The molecule has 1 heterocycles. The van der Waals surface area contributed by atoms with Gasteiger partial charge in [0.15, 0.2) is 0 Å². The van der Waals surface area contributed by atoms with E-state index in [0.717, 1.165) is 0 Å². The molecule has 2 rings (SSSR count). The molecule has 1 atom stereocenters. The molecule has 1 saturated heterocycles. The largest absolute Gasteiger partial charge is 0.388 e. The molecule has 0 aromatic heterocycles. The molecule has 1 unspecified atom stereocenters. The van der Waals surface area contributed by atoms with Gasteiger partial charge >= 0.3 is 0 Å². The van der Waals surface area contributed by atoms with Gasteiger partial charge in [-0.25, -0.2) is 4.39 Å². The highest BCUT2D eigenvalue weighted by Crippen LogP contribution is 2.31. The lowest BCUT2D eigenvalue weighted by atomic mass is 9.87. The van der Waals surface area contributed by atoms with Gasteiger partial charge in [-0.15, -0.1) is 0 Å². The molecule has 0 saturated carbocycles. The van der Waals surface area contributed by atoms with Crippen LogP contribution < -0.4 is 5.32 Å². The summed E-state index contributed by atoms with van der Waals surface area (Å²) in [5.41, 5.74) is -0.242. The monoisotopic (exact) mass is 336 g/mol. The molecule has 0 spiro atoms. The Kier molecular flexibility index (Phi) is 5.59. The Morgan fingerprint density at radius 2 is 1.79 bits per heavy atom. The summed E-state index contributed by atoms with van der Waals surface area (Å²) in [7, 11) is 0. The minimum Gasteiger partial charge on any atom is -0.388 e. The molecule has 0 bridgehead atoms. The van der Waals surface area contributed by atoms with Crippen molar-refractivity contribution in [2.75, 3.05) is 13.1 Å². The third-order valence-electron chi connectivity index (χ3n) is 4.51. The fourth-order valence-corrected chi connectivity index (χ4v) is 3.24. The number of piperidine rings is 1. The molecule has 1 fully saturated rings. The average molecular weight is 336 g/mol. The number of likely N-dealkylation sites (tertiary alicyclic amines) is 1. The zero-order valence-corrected chi connectivity index (χ0v) is 14.4. The third-order valence-corrected chi connectivity index (χ3v) is 4.51. The van der Waals surface area contributed by atoms with Gasteiger partial charge in [-0.05, 0) is 50.3 Å². The molecular weight excluding hydrogens is 311 g/mol. The maximum Gasteiger partial charge on any atom is 0.247 e. The molecule has 24 heavy (non-hydrogen) atoms. The summed E-state index contributed by atoms with van der Waals surface area (Å²) in [4.78, 5) is 25.5. The van der Waals surface area contributed by atoms with Crippen LogP contribution >= 0.6 is 0 Å². The minimum absolute atomic E-state index is 0.0309. The van der Waals surface area contributed by atoms with Gasteiger partial charge in [0.2, 0.25) is 11.8 Å². The smallest absolute Gasteiger partial charge is 0.247 e. The van der Waals surface area contributed by atoms with Crippen LogP contribution in [0.4, 0.5) is 4.39 Å². The zero-order chi connectivity index (χ0) is 17.9. The fraction of sp³-hybridized carbons (Fsp3) is 0.556. The van der Waals surface area contributed by atoms with Crippen LogP contribution in [0, 0.1) is 11.7 Å². The number of aliphatic hydroxyl groups excluding tert-OH is 1. The zero-order valence-electron chi connectivity index (χ0n) is 14.4. The number of nitrogens with zero attached hydrogens (tertiary/aromatic N) is 1. The van der Waals surface area contributed by atoms with Crippen LogP contribution in [-0.4, -0.2) is 40.4 Å². The van der Waals surface area contributed by atoms with E-state index in [4.69, 9.17) is 0 Å². The van der Waals surface area contributed by atoms with Gasteiger partial charge in [0.1, 0.15) is 11.4 Å². The maximum absolute atomic E-state index is 13.0. The van der Waals surface area contributed by atoms with E-state index < -0.39 is 11.6 Å². The van der Waals surface area contributed by atoms with Gasteiger partial charge in [0, 0.05) is 20.0 Å².